The molecule has 1 aromatic rings. The molecule has 1 heterocycles. The van der Waals surface area contributed by atoms with Gasteiger partial charge in [0.15, 0.2) is 0 Å². The lowest BCUT2D eigenvalue weighted by Crippen LogP contribution is -2.43. The Kier molecular flexibility index (Phi) is 7.55. The minimum Gasteiger partial charge on any atom is -0.375 e. The molecule has 162 valence electrons. The summed E-state index contributed by atoms with van der Waals surface area (Å²) in [4.78, 5) is 14.3. The fourth-order valence-electron chi connectivity index (χ4n) is 4.61. The highest BCUT2D eigenvalue weighted by molar-refractivity contribution is 5.78. The third kappa shape index (κ3) is 6.17. The standard InChI is InChI=1S/C22H29F4NO2/c23-18-11-9-16(10-12-18)20(27-14-4-8-19(27)28)21(17-6-2-1-3-7-17)29-15-5-13-22(24,25)26/h9-12,17,20-21H,1-8,13-15H2/t20-,21+/m1/s1. The number of ether oxygens (including phenoxy) is 1. The lowest BCUT2D eigenvalue weighted by Gasteiger charge is -2.40. The molecule has 0 bridgehead atoms. The minimum atomic E-state index is -4.20. The minimum absolute atomic E-state index is 0.000399. The first kappa shape index (κ1) is 22.1. The molecule has 7 heteroatoms. The van der Waals surface area contributed by atoms with Crippen LogP contribution < -0.4 is 0 Å². The second kappa shape index (κ2) is 9.92. The van der Waals surface area contributed by atoms with Crippen molar-refractivity contribution < 1.29 is 27.1 Å². The molecule has 3 rings (SSSR count). The summed E-state index contributed by atoms with van der Waals surface area (Å²) in [6.07, 6.45) is 0.764. The molecule has 3 nitrogen and oxygen atoms in total. The van der Waals surface area contributed by atoms with E-state index >= 15 is 0 Å². The molecule has 1 saturated heterocycles. The Balaban J connectivity index is 1.84. The van der Waals surface area contributed by atoms with Crippen LogP contribution in [0.3, 0.4) is 0 Å². The monoisotopic (exact) mass is 415 g/mol. The average Bonchev–Trinajstić information content (AvgIpc) is 3.11. The highest BCUT2D eigenvalue weighted by atomic mass is 19.4. The van der Waals surface area contributed by atoms with Crippen LogP contribution in [0.15, 0.2) is 24.3 Å². The predicted molar refractivity (Wildman–Crippen MR) is 102 cm³/mol. The zero-order chi connectivity index (χ0) is 20.9. The van der Waals surface area contributed by atoms with Gasteiger partial charge in [-0.25, -0.2) is 4.39 Å². The molecule has 0 unspecified atom stereocenters. The lowest BCUT2D eigenvalue weighted by molar-refractivity contribution is -0.143. The van der Waals surface area contributed by atoms with Crippen molar-refractivity contribution in [2.75, 3.05) is 13.2 Å². The third-order valence-corrected chi connectivity index (χ3v) is 6.00. The molecule has 0 spiro atoms. The number of likely N-dealkylation sites (tertiary alicyclic amines) is 1. The predicted octanol–water partition coefficient (Wildman–Crippen LogP) is 5.80. The quantitative estimate of drug-likeness (QED) is 0.397. The van der Waals surface area contributed by atoms with Crippen molar-refractivity contribution >= 4 is 5.91 Å². The maximum Gasteiger partial charge on any atom is 0.389 e. The summed E-state index contributed by atoms with van der Waals surface area (Å²) in [6, 6.07) is 5.68. The molecule has 1 amide bonds. The number of benzene rings is 1. The third-order valence-electron chi connectivity index (χ3n) is 6.00. The maximum absolute atomic E-state index is 13.5. The summed E-state index contributed by atoms with van der Waals surface area (Å²) in [6.45, 7) is 0.594. The Bertz CT molecular complexity index is 656. The number of alkyl halides is 3. The molecule has 0 N–H and O–H groups in total. The largest absolute Gasteiger partial charge is 0.389 e. The SMILES string of the molecule is O=C1CCCN1[C@H](c1ccc(F)cc1)[C@@H](OCCCC(F)(F)F)C1CCCCC1. The van der Waals surface area contributed by atoms with Gasteiger partial charge in [-0.15, -0.1) is 0 Å². The Morgan fingerprint density at radius 3 is 2.34 bits per heavy atom. The Hall–Kier alpha value is -1.63. The van der Waals surface area contributed by atoms with E-state index in [1.807, 2.05) is 0 Å². The fraction of sp³-hybridized carbons (Fsp3) is 0.682. The number of nitrogens with zero attached hydrogens (tertiary/aromatic N) is 1. The maximum atomic E-state index is 13.5. The van der Waals surface area contributed by atoms with Crippen LogP contribution in [0.5, 0.6) is 0 Å². The molecule has 1 aliphatic heterocycles. The van der Waals surface area contributed by atoms with Gasteiger partial charge in [-0.05, 0) is 49.3 Å². The van der Waals surface area contributed by atoms with Gasteiger partial charge in [-0.3, -0.25) is 4.79 Å². The topological polar surface area (TPSA) is 29.5 Å². The molecular weight excluding hydrogens is 386 g/mol. The van der Waals surface area contributed by atoms with E-state index in [4.69, 9.17) is 4.74 Å². The normalized spacial score (nSPS) is 20.8. The van der Waals surface area contributed by atoms with Gasteiger partial charge in [0.2, 0.25) is 5.91 Å². The number of hydrogen-bond acceptors (Lipinski definition) is 2. The van der Waals surface area contributed by atoms with Crippen molar-refractivity contribution in [3.63, 3.8) is 0 Å². The summed E-state index contributed by atoms with van der Waals surface area (Å²) in [7, 11) is 0. The molecule has 2 fully saturated rings. The average molecular weight is 415 g/mol. The van der Waals surface area contributed by atoms with Crippen LogP contribution in [0.1, 0.15) is 69.4 Å². The van der Waals surface area contributed by atoms with Gasteiger partial charge in [0, 0.05) is 26.0 Å². The van der Waals surface area contributed by atoms with Gasteiger partial charge in [0.25, 0.3) is 0 Å². The van der Waals surface area contributed by atoms with Crippen molar-refractivity contribution in [1.82, 2.24) is 4.90 Å². The molecule has 2 aliphatic rings. The summed E-state index contributed by atoms with van der Waals surface area (Å²) >= 11 is 0. The number of carbonyl (C=O) groups is 1. The van der Waals surface area contributed by atoms with Crippen molar-refractivity contribution in [2.24, 2.45) is 5.92 Å². The second-order valence-electron chi connectivity index (χ2n) is 8.14. The summed E-state index contributed by atoms with van der Waals surface area (Å²) in [5.74, 6) is -0.155. The van der Waals surface area contributed by atoms with Gasteiger partial charge in [0.1, 0.15) is 5.82 Å². The highest BCUT2D eigenvalue weighted by Crippen LogP contribution is 2.39. The Morgan fingerprint density at radius 1 is 1.07 bits per heavy atom. The molecule has 0 aromatic heterocycles. The van der Waals surface area contributed by atoms with E-state index in [-0.39, 0.29) is 42.8 Å². The van der Waals surface area contributed by atoms with E-state index in [1.54, 1.807) is 17.0 Å². The van der Waals surface area contributed by atoms with Crippen molar-refractivity contribution in [3.05, 3.63) is 35.6 Å². The van der Waals surface area contributed by atoms with Gasteiger partial charge in [-0.2, -0.15) is 13.2 Å². The van der Waals surface area contributed by atoms with Gasteiger partial charge in [-0.1, -0.05) is 31.4 Å². The smallest absolute Gasteiger partial charge is 0.375 e. The molecular formula is C22H29F4NO2. The molecule has 1 saturated carbocycles. The highest BCUT2D eigenvalue weighted by Gasteiger charge is 2.39. The molecule has 0 radical (unpaired) electrons. The number of carbonyl (C=O) groups excluding carboxylic acids is 1. The Labute approximate surface area is 169 Å². The van der Waals surface area contributed by atoms with Crippen LogP contribution in [0.2, 0.25) is 0 Å². The molecule has 29 heavy (non-hydrogen) atoms. The van der Waals surface area contributed by atoms with Gasteiger partial charge < -0.3 is 9.64 Å². The zero-order valence-corrected chi connectivity index (χ0v) is 16.6. The van der Waals surface area contributed by atoms with E-state index in [1.165, 1.54) is 12.1 Å². The first-order chi connectivity index (χ1) is 13.8. The van der Waals surface area contributed by atoms with E-state index in [0.717, 1.165) is 44.1 Å². The van der Waals surface area contributed by atoms with Crippen LogP contribution in [-0.4, -0.2) is 36.2 Å². The van der Waals surface area contributed by atoms with E-state index in [9.17, 15) is 22.4 Å². The first-order valence-corrected chi connectivity index (χ1v) is 10.6. The summed E-state index contributed by atoms with van der Waals surface area (Å²) in [5, 5.41) is 0. The first-order valence-electron chi connectivity index (χ1n) is 10.6. The Morgan fingerprint density at radius 2 is 1.76 bits per heavy atom. The molecule has 2 atom stereocenters. The summed E-state index contributed by atoms with van der Waals surface area (Å²) in [5.41, 5.74) is 0.785. The molecule has 1 aliphatic carbocycles. The van der Waals surface area contributed by atoms with Crippen molar-refractivity contribution in [2.45, 2.75) is 76.1 Å². The van der Waals surface area contributed by atoms with E-state index < -0.39 is 12.6 Å². The van der Waals surface area contributed by atoms with Crippen LogP contribution in [0, 0.1) is 11.7 Å². The summed E-state index contributed by atoms with van der Waals surface area (Å²) < 4.78 is 57.2. The van der Waals surface area contributed by atoms with Crippen LogP contribution in [0.4, 0.5) is 17.6 Å². The number of amides is 1. The van der Waals surface area contributed by atoms with Gasteiger partial charge in [0.05, 0.1) is 12.1 Å². The zero-order valence-electron chi connectivity index (χ0n) is 16.6. The van der Waals surface area contributed by atoms with Crippen molar-refractivity contribution in [1.29, 1.82) is 0 Å². The molecule has 1 aromatic carbocycles. The van der Waals surface area contributed by atoms with Crippen LogP contribution >= 0.6 is 0 Å². The van der Waals surface area contributed by atoms with E-state index in [2.05, 4.69) is 0 Å². The van der Waals surface area contributed by atoms with Crippen molar-refractivity contribution in [3.8, 4) is 0 Å². The van der Waals surface area contributed by atoms with Crippen LogP contribution in [-0.2, 0) is 9.53 Å². The van der Waals surface area contributed by atoms with E-state index in [0.29, 0.717) is 13.0 Å². The number of hydrogen-bond donors (Lipinski definition) is 0. The second-order valence-corrected chi connectivity index (χ2v) is 8.14. The van der Waals surface area contributed by atoms with Crippen LogP contribution in [0.25, 0.3) is 0 Å². The lowest BCUT2D eigenvalue weighted by atomic mass is 9.80. The number of halogens is 4. The fourth-order valence-corrected chi connectivity index (χ4v) is 4.61. The number of rotatable bonds is 8. The van der Waals surface area contributed by atoms with Gasteiger partial charge >= 0.3 is 6.18 Å².